The lowest BCUT2D eigenvalue weighted by Gasteiger charge is -2.13. The topological polar surface area (TPSA) is 63.6 Å². The maximum absolute atomic E-state index is 11.2. The molecule has 0 saturated heterocycles. The Morgan fingerprint density at radius 2 is 1.57 bits per heavy atom. The van der Waals surface area contributed by atoms with E-state index in [2.05, 4.69) is 25.1 Å². The van der Waals surface area contributed by atoms with Crippen LogP contribution >= 0.6 is 0 Å². The zero-order valence-electron chi connectivity index (χ0n) is 17.2. The van der Waals surface area contributed by atoms with Crippen molar-refractivity contribution in [3.05, 3.63) is 34.9 Å². The average molecular weight is 387 g/mol. The van der Waals surface area contributed by atoms with Crippen molar-refractivity contribution in [1.82, 2.24) is 0 Å². The van der Waals surface area contributed by atoms with Crippen LogP contribution in [0.2, 0.25) is 0 Å². The molecule has 0 unspecified atom stereocenters. The van der Waals surface area contributed by atoms with Crippen LogP contribution in [0.1, 0.15) is 87.3 Å². The SMILES string of the molecule is Cc1cc(CCCCCC2(C(=O)O)CC2)cc(CCCCC2(OC=O)CC2)c1. The van der Waals surface area contributed by atoms with Gasteiger partial charge in [-0.1, -0.05) is 36.6 Å². The highest BCUT2D eigenvalue weighted by Gasteiger charge is 2.49. The van der Waals surface area contributed by atoms with Crippen molar-refractivity contribution in [2.75, 3.05) is 0 Å². The second-order valence-corrected chi connectivity index (χ2v) is 9.08. The van der Waals surface area contributed by atoms with Crippen molar-refractivity contribution in [3.8, 4) is 0 Å². The Morgan fingerprint density at radius 1 is 0.964 bits per heavy atom. The number of unbranched alkanes of at least 4 members (excludes halogenated alkanes) is 3. The number of rotatable bonds is 14. The molecule has 2 aliphatic rings. The van der Waals surface area contributed by atoms with Crippen molar-refractivity contribution < 1.29 is 19.4 Å². The summed E-state index contributed by atoms with van der Waals surface area (Å²) < 4.78 is 5.22. The van der Waals surface area contributed by atoms with Crippen LogP contribution in [0.5, 0.6) is 0 Å². The zero-order chi connectivity index (χ0) is 20.0. The number of carbonyl (C=O) groups excluding carboxylic acids is 1. The Morgan fingerprint density at radius 3 is 2.11 bits per heavy atom. The maximum Gasteiger partial charge on any atom is 0.309 e. The van der Waals surface area contributed by atoms with E-state index in [9.17, 15) is 14.7 Å². The van der Waals surface area contributed by atoms with E-state index < -0.39 is 5.97 Å². The quantitative estimate of drug-likeness (QED) is 0.344. The molecule has 2 aliphatic carbocycles. The summed E-state index contributed by atoms with van der Waals surface area (Å²) in [6.45, 7) is 2.76. The Kier molecular flexibility index (Phi) is 6.79. The molecule has 4 heteroatoms. The minimum atomic E-state index is -0.596. The highest BCUT2D eigenvalue weighted by Crippen LogP contribution is 2.50. The molecule has 2 saturated carbocycles. The summed E-state index contributed by atoms with van der Waals surface area (Å²) in [5.41, 5.74) is 3.63. The number of hydrogen-bond donors (Lipinski definition) is 1. The van der Waals surface area contributed by atoms with E-state index in [-0.39, 0.29) is 11.0 Å². The number of carbonyl (C=O) groups is 2. The van der Waals surface area contributed by atoms with Crippen LogP contribution in [-0.2, 0) is 27.2 Å². The summed E-state index contributed by atoms with van der Waals surface area (Å²) in [6.07, 6.45) is 13.3. The van der Waals surface area contributed by atoms with Gasteiger partial charge in [-0.3, -0.25) is 9.59 Å². The number of aryl methyl sites for hydroxylation is 3. The third-order valence-corrected chi connectivity index (χ3v) is 6.58. The molecule has 0 spiro atoms. The Hall–Kier alpha value is -1.84. The van der Waals surface area contributed by atoms with E-state index in [1.54, 1.807) is 0 Å². The first-order valence-electron chi connectivity index (χ1n) is 10.9. The Bertz CT molecular complexity index is 686. The van der Waals surface area contributed by atoms with E-state index in [1.807, 2.05) is 0 Å². The standard InChI is InChI=1S/C24H34O4/c1-19-15-20(7-3-2-5-9-23(11-12-23)22(26)27)17-21(16-19)8-4-6-10-24(13-14-24)28-18-25/h15-18H,2-14H2,1H3,(H,26,27). The van der Waals surface area contributed by atoms with Gasteiger partial charge < -0.3 is 9.84 Å². The first-order valence-corrected chi connectivity index (χ1v) is 10.9. The molecule has 0 aromatic heterocycles. The van der Waals surface area contributed by atoms with Crippen molar-refractivity contribution in [2.45, 2.75) is 96.0 Å². The molecule has 154 valence electrons. The lowest BCUT2D eigenvalue weighted by molar-refractivity contribution is -0.143. The summed E-state index contributed by atoms with van der Waals surface area (Å²) in [6, 6.07) is 6.89. The number of carboxylic acids is 1. The molecule has 28 heavy (non-hydrogen) atoms. The lowest BCUT2D eigenvalue weighted by Crippen LogP contribution is -2.14. The number of benzene rings is 1. The number of hydrogen-bond acceptors (Lipinski definition) is 3. The summed E-state index contributed by atoms with van der Waals surface area (Å²) in [7, 11) is 0. The van der Waals surface area contributed by atoms with Gasteiger partial charge in [0, 0.05) is 0 Å². The van der Waals surface area contributed by atoms with Gasteiger partial charge >= 0.3 is 5.97 Å². The number of aliphatic carboxylic acids is 1. The molecule has 0 atom stereocenters. The Balaban J connectivity index is 1.35. The predicted molar refractivity (Wildman–Crippen MR) is 109 cm³/mol. The summed E-state index contributed by atoms with van der Waals surface area (Å²) >= 11 is 0. The molecule has 1 aromatic rings. The maximum atomic E-state index is 11.2. The first kappa shape index (κ1) is 20.9. The van der Waals surface area contributed by atoms with Crippen LogP contribution < -0.4 is 0 Å². The molecule has 0 amide bonds. The lowest BCUT2D eigenvalue weighted by atomic mass is 9.95. The molecular weight excluding hydrogens is 352 g/mol. The molecule has 1 aromatic carbocycles. The Labute approximate surface area is 168 Å². The normalized spacial score (nSPS) is 18.5. The molecule has 4 nitrogen and oxygen atoms in total. The average Bonchev–Trinajstić information content (AvgIpc) is 3.56. The van der Waals surface area contributed by atoms with Gasteiger partial charge in [-0.05, 0) is 88.7 Å². The van der Waals surface area contributed by atoms with Crippen molar-refractivity contribution in [2.24, 2.45) is 5.41 Å². The van der Waals surface area contributed by atoms with Crippen molar-refractivity contribution in [1.29, 1.82) is 0 Å². The van der Waals surface area contributed by atoms with Gasteiger partial charge in [0.25, 0.3) is 6.47 Å². The largest absolute Gasteiger partial charge is 0.481 e. The van der Waals surface area contributed by atoms with Crippen LogP contribution in [-0.4, -0.2) is 23.1 Å². The fourth-order valence-electron chi connectivity index (χ4n) is 4.37. The van der Waals surface area contributed by atoms with Crippen molar-refractivity contribution in [3.63, 3.8) is 0 Å². The van der Waals surface area contributed by atoms with Gasteiger partial charge in [-0.25, -0.2) is 0 Å². The first-order chi connectivity index (χ1) is 13.5. The predicted octanol–water partition coefficient (Wildman–Crippen LogP) is 5.38. The van der Waals surface area contributed by atoms with Gasteiger partial charge in [0.2, 0.25) is 0 Å². The smallest absolute Gasteiger partial charge is 0.309 e. The molecule has 1 N–H and O–H groups in total. The highest BCUT2D eigenvalue weighted by molar-refractivity contribution is 5.77. The zero-order valence-corrected chi connectivity index (χ0v) is 17.2. The van der Waals surface area contributed by atoms with E-state index in [0.717, 1.165) is 83.5 Å². The van der Waals surface area contributed by atoms with Crippen molar-refractivity contribution >= 4 is 12.4 Å². The van der Waals surface area contributed by atoms with Crippen LogP contribution in [0.15, 0.2) is 18.2 Å². The fraction of sp³-hybridized carbons (Fsp3) is 0.667. The van der Waals surface area contributed by atoms with E-state index in [0.29, 0.717) is 6.47 Å². The minimum absolute atomic E-state index is 0.126. The van der Waals surface area contributed by atoms with E-state index >= 15 is 0 Å². The molecule has 0 bridgehead atoms. The van der Waals surface area contributed by atoms with Crippen LogP contribution in [0.3, 0.4) is 0 Å². The molecule has 2 fully saturated rings. The summed E-state index contributed by atoms with van der Waals surface area (Å²) in [5, 5.41) is 9.24. The van der Waals surface area contributed by atoms with Crippen LogP contribution in [0.4, 0.5) is 0 Å². The monoisotopic (exact) mass is 386 g/mol. The number of carboxylic acid groups (broad SMARTS) is 1. The second kappa shape index (κ2) is 9.11. The van der Waals surface area contributed by atoms with Gasteiger partial charge in [-0.15, -0.1) is 0 Å². The van der Waals surface area contributed by atoms with E-state index in [1.165, 1.54) is 16.7 Å². The molecule has 0 radical (unpaired) electrons. The minimum Gasteiger partial charge on any atom is -0.481 e. The van der Waals surface area contributed by atoms with Crippen LogP contribution in [0.25, 0.3) is 0 Å². The molecule has 0 aliphatic heterocycles. The highest BCUT2D eigenvalue weighted by atomic mass is 16.5. The summed E-state index contributed by atoms with van der Waals surface area (Å²) in [4.78, 5) is 21.8. The fourth-order valence-corrected chi connectivity index (χ4v) is 4.37. The van der Waals surface area contributed by atoms with Gasteiger partial charge in [0.1, 0.15) is 5.60 Å². The summed E-state index contributed by atoms with van der Waals surface area (Å²) in [5.74, 6) is -0.596. The third kappa shape index (κ3) is 5.83. The van der Waals surface area contributed by atoms with Crippen LogP contribution in [0, 0.1) is 12.3 Å². The molecular formula is C24H34O4. The number of ether oxygens (including phenoxy) is 1. The van der Waals surface area contributed by atoms with E-state index in [4.69, 9.17) is 4.74 Å². The second-order valence-electron chi connectivity index (χ2n) is 9.08. The molecule has 0 heterocycles. The van der Waals surface area contributed by atoms with Gasteiger partial charge in [0.05, 0.1) is 5.41 Å². The molecule has 3 rings (SSSR count). The van der Waals surface area contributed by atoms with Gasteiger partial charge in [0.15, 0.2) is 0 Å². The van der Waals surface area contributed by atoms with Gasteiger partial charge in [-0.2, -0.15) is 0 Å². The third-order valence-electron chi connectivity index (χ3n) is 6.58.